The molecule has 0 spiro atoms. The summed E-state index contributed by atoms with van der Waals surface area (Å²) in [6, 6.07) is 7.60. The zero-order valence-electron chi connectivity index (χ0n) is 9.93. The molecule has 6 heteroatoms. The van der Waals surface area contributed by atoms with Crippen molar-refractivity contribution in [3.8, 4) is 10.6 Å². The number of aromatic nitrogens is 1. The second kappa shape index (κ2) is 4.64. The number of fused-ring (bicyclic) bond motifs is 1. The number of rotatable bonds is 2. The molecule has 1 heterocycles. The van der Waals surface area contributed by atoms with Gasteiger partial charge in [-0.15, -0.1) is 11.3 Å². The Balaban J connectivity index is 2.17. The molecule has 3 rings (SSSR count). The lowest BCUT2D eigenvalue weighted by atomic mass is 10.2. The smallest absolute Gasteiger partial charge is 0.335 e. The largest absolute Gasteiger partial charge is 0.478 e. The lowest BCUT2D eigenvalue weighted by Gasteiger charge is -1.98. The number of carbonyl (C=O) groups is 1. The molecule has 0 aliphatic heterocycles. The molecule has 3 aromatic rings. The standard InChI is InChI=1S/C14H7F2NO2S/c15-8-2-3-10(16)9(6-8)13-17-11-4-1-7(14(18)19)5-12(11)20-13/h1-6H,(H,18,19). The van der Waals surface area contributed by atoms with Gasteiger partial charge in [-0.3, -0.25) is 0 Å². The van der Waals surface area contributed by atoms with Gasteiger partial charge < -0.3 is 5.11 Å². The molecule has 100 valence electrons. The molecule has 20 heavy (non-hydrogen) atoms. The van der Waals surface area contributed by atoms with Crippen molar-refractivity contribution in [2.24, 2.45) is 0 Å². The van der Waals surface area contributed by atoms with Crippen LogP contribution in [0.1, 0.15) is 10.4 Å². The Morgan fingerprint density at radius 1 is 1.15 bits per heavy atom. The summed E-state index contributed by atoms with van der Waals surface area (Å²) in [4.78, 5) is 15.1. The first kappa shape index (κ1) is 12.7. The Hall–Kier alpha value is -2.34. The average molecular weight is 291 g/mol. The summed E-state index contributed by atoms with van der Waals surface area (Å²) in [5, 5.41) is 9.24. The third-order valence-electron chi connectivity index (χ3n) is 2.79. The Labute approximate surface area is 116 Å². The second-order valence-electron chi connectivity index (χ2n) is 4.13. The highest BCUT2D eigenvalue weighted by molar-refractivity contribution is 7.21. The van der Waals surface area contributed by atoms with Crippen molar-refractivity contribution < 1.29 is 18.7 Å². The molecule has 2 aromatic carbocycles. The Morgan fingerprint density at radius 3 is 2.70 bits per heavy atom. The third-order valence-corrected chi connectivity index (χ3v) is 3.85. The van der Waals surface area contributed by atoms with Gasteiger partial charge >= 0.3 is 5.97 Å². The van der Waals surface area contributed by atoms with Crippen LogP contribution in [-0.2, 0) is 0 Å². The van der Waals surface area contributed by atoms with Crippen LogP contribution in [0.4, 0.5) is 8.78 Å². The number of carboxylic acids is 1. The van der Waals surface area contributed by atoms with E-state index in [1.807, 2.05) is 0 Å². The van der Waals surface area contributed by atoms with Gasteiger partial charge in [0.1, 0.15) is 16.6 Å². The molecule has 0 bridgehead atoms. The molecule has 0 aliphatic rings. The monoisotopic (exact) mass is 291 g/mol. The molecular weight excluding hydrogens is 284 g/mol. The van der Waals surface area contributed by atoms with Gasteiger partial charge in [0, 0.05) is 5.56 Å². The quantitative estimate of drug-likeness (QED) is 0.778. The molecule has 0 unspecified atom stereocenters. The van der Waals surface area contributed by atoms with E-state index in [-0.39, 0.29) is 11.1 Å². The topological polar surface area (TPSA) is 50.2 Å². The van der Waals surface area contributed by atoms with E-state index in [1.165, 1.54) is 12.1 Å². The highest BCUT2D eigenvalue weighted by atomic mass is 32.1. The number of hydrogen-bond donors (Lipinski definition) is 1. The van der Waals surface area contributed by atoms with Crippen LogP contribution < -0.4 is 0 Å². The number of nitrogens with zero attached hydrogens (tertiary/aromatic N) is 1. The summed E-state index contributed by atoms with van der Waals surface area (Å²) >= 11 is 1.12. The molecule has 1 aromatic heterocycles. The summed E-state index contributed by atoms with van der Waals surface area (Å²) in [5.41, 5.74) is 0.758. The number of carboxylic acid groups (broad SMARTS) is 1. The van der Waals surface area contributed by atoms with Gasteiger partial charge in [0.2, 0.25) is 0 Å². The van der Waals surface area contributed by atoms with Gasteiger partial charge in [0.05, 0.1) is 15.8 Å². The Bertz CT molecular complexity index is 829. The van der Waals surface area contributed by atoms with Crippen molar-refractivity contribution >= 4 is 27.5 Å². The minimum atomic E-state index is -1.04. The maximum Gasteiger partial charge on any atom is 0.335 e. The van der Waals surface area contributed by atoms with E-state index in [0.717, 1.165) is 29.5 Å². The first-order valence-corrected chi connectivity index (χ1v) is 6.45. The minimum Gasteiger partial charge on any atom is -0.478 e. The van der Waals surface area contributed by atoms with Crippen molar-refractivity contribution in [3.05, 3.63) is 53.6 Å². The first-order valence-electron chi connectivity index (χ1n) is 5.64. The normalized spacial score (nSPS) is 10.9. The summed E-state index contributed by atoms with van der Waals surface area (Å²) < 4.78 is 27.5. The van der Waals surface area contributed by atoms with E-state index in [0.29, 0.717) is 15.2 Å². The van der Waals surface area contributed by atoms with Gasteiger partial charge in [-0.05, 0) is 36.4 Å². The lowest BCUT2D eigenvalue weighted by molar-refractivity contribution is 0.0697. The van der Waals surface area contributed by atoms with Crippen LogP contribution in [0.15, 0.2) is 36.4 Å². The van der Waals surface area contributed by atoms with Crippen LogP contribution in [0.3, 0.4) is 0 Å². The van der Waals surface area contributed by atoms with Gasteiger partial charge in [-0.25, -0.2) is 18.6 Å². The van der Waals surface area contributed by atoms with Crippen LogP contribution in [0.2, 0.25) is 0 Å². The average Bonchev–Trinajstić information content (AvgIpc) is 2.83. The number of hydrogen-bond acceptors (Lipinski definition) is 3. The van der Waals surface area contributed by atoms with E-state index >= 15 is 0 Å². The fraction of sp³-hybridized carbons (Fsp3) is 0. The highest BCUT2D eigenvalue weighted by Gasteiger charge is 2.13. The zero-order chi connectivity index (χ0) is 14.3. The van der Waals surface area contributed by atoms with Gasteiger partial charge in [-0.1, -0.05) is 0 Å². The summed E-state index contributed by atoms with van der Waals surface area (Å²) in [5.74, 6) is -2.16. The number of halogens is 2. The van der Waals surface area contributed by atoms with Crippen molar-refractivity contribution in [2.75, 3.05) is 0 Å². The minimum absolute atomic E-state index is 0.0723. The molecule has 3 nitrogen and oxygen atoms in total. The second-order valence-corrected chi connectivity index (χ2v) is 5.16. The number of benzene rings is 2. The first-order chi connectivity index (χ1) is 9.54. The SMILES string of the molecule is O=C(O)c1ccc2nc(-c3cc(F)ccc3F)sc2c1. The fourth-order valence-electron chi connectivity index (χ4n) is 1.83. The predicted octanol–water partition coefficient (Wildman–Crippen LogP) is 3.94. The molecule has 0 aliphatic carbocycles. The van der Waals surface area contributed by atoms with Crippen LogP contribution in [0, 0.1) is 11.6 Å². The molecule has 0 saturated heterocycles. The number of thiazole rings is 1. The van der Waals surface area contributed by atoms with Crippen LogP contribution in [0.5, 0.6) is 0 Å². The van der Waals surface area contributed by atoms with Crippen LogP contribution in [0.25, 0.3) is 20.8 Å². The highest BCUT2D eigenvalue weighted by Crippen LogP contribution is 2.32. The maximum atomic E-state index is 13.7. The van der Waals surface area contributed by atoms with Gasteiger partial charge in [-0.2, -0.15) is 0 Å². The summed E-state index contributed by atoms with van der Waals surface area (Å²) in [6.45, 7) is 0. The Kier molecular flexibility index (Phi) is 2.94. The molecule has 0 fully saturated rings. The van der Waals surface area contributed by atoms with Gasteiger partial charge in [0.25, 0.3) is 0 Å². The molecule has 0 amide bonds. The van der Waals surface area contributed by atoms with Crippen molar-refractivity contribution in [1.29, 1.82) is 0 Å². The lowest BCUT2D eigenvalue weighted by Crippen LogP contribution is -1.94. The van der Waals surface area contributed by atoms with Crippen LogP contribution in [-0.4, -0.2) is 16.1 Å². The molecule has 0 atom stereocenters. The molecule has 0 radical (unpaired) electrons. The van der Waals surface area contributed by atoms with E-state index in [9.17, 15) is 13.6 Å². The van der Waals surface area contributed by atoms with E-state index in [2.05, 4.69) is 4.98 Å². The van der Waals surface area contributed by atoms with E-state index in [4.69, 9.17) is 5.11 Å². The fourth-order valence-corrected chi connectivity index (χ4v) is 2.86. The predicted molar refractivity (Wildman–Crippen MR) is 71.9 cm³/mol. The molecular formula is C14H7F2NO2S. The molecule has 1 N–H and O–H groups in total. The maximum absolute atomic E-state index is 13.7. The van der Waals surface area contributed by atoms with Crippen molar-refractivity contribution in [2.45, 2.75) is 0 Å². The van der Waals surface area contributed by atoms with Gasteiger partial charge in [0.15, 0.2) is 0 Å². The third kappa shape index (κ3) is 2.14. The van der Waals surface area contributed by atoms with Crippen LogP contribution >= 0.6 is 11.3 Å². The molecule has 0 saturated carbocycles. The van der Waals surface area contributed by atoms with Crippen molar-refractivity contribution in [1.82, 2.24) is 4.98 Å². The number of aromatic carboxylic acids is 1. The van der Waals surface area contributed by atoms with Crippen molar-refractivity contribution in [3.63, 3.8) is 0 Å². The summed E-state index contributed by atoms with van der Waals surface area (Å²) in [7, 11) is 0. The summed E-state index contributed by atoms with van der Waals surface area (Å²) in [6.07, 6.45) is 0. The van der Waals surface area contributed by atoms with E-state index < -0.39 is 17.6 Å². The van der Waals surface area contributed by atoms with E-state index in [1.54, 1.807) is 6.07 Å². The Morgan fingerprint density at radius 2 is 1.95 bits per heavy atom. The zero-order valence-corrected chi connectivity index (χ0v) is 10.7.